The zero-order chi connectivity index (χ0) is 13.1. The molecule has 0 aliphatic heterocycles. The molecule has 0 amide bonds. The maximum Gasteiger partial charge on any atom is 0.131 e. The molecule has 0 bridgehead atoms. The van der Waals surface area contributed by atoms with Gasteiger partial charge in [0.25, 0.3) is 0 Å². The first-order chi connectivity index (χ1) is 8.63. The highest BCUT2D eigenvalue weighted by Crippen LogP contribution is 2.36. The van der Waals surface area contributed by atoms with Crippen molar-refractivity contribution in [3.63, 3.8) is 0 Å². The molecule has 0 aliphatic carbocycles. The van der Waals surface area contributed by atoms with Crippen LogP contribution in [0.3, 0.4) is 0 Å². The van der Waals surface area contributed by atoms with Crippen LogP contribution in [-0.2, 0) is 6.42 Å². The standard InChI is InChI=1S/C14H12Cl2FN/c15-11-2-1-3-12(16)14(11)10-8-9(6-7-18)4-5-13(10)17/h1-5,8H,6-7,18H2. The summed E-state index contributed by atoms with van der Waals surface area (Å²) in [6.45, 7) is 0.515. The van der Waals surface area contributed by atoms with Crippen molar-refractivity contribution in [1.29, 1.82) is 0 Å². The Morgan fingerprint density at radius 2 is 1.72 bits per heavy atom. The first kappa shape index (κ1) is 13.3. The monoisotopic (exact) mass is 283 g/mol. The van der Waals surface area contributed by atoms with Crippen molar-refractivity contribution < 1.29 is 4.39 Å². The number of rotatable bonds is 3. The van der Waals surface area contributed by atoms with Crippen LogP contribution in [0.5, 0.6) is 0 Å². The van der Waals surface area contributed by atoms with Crippen molar-refractivity contribution in [2.24, 2.45) is 5.73 Å². The van der Waals surface area contributed by atoms with Gasteiger partial charge < -0.3 is 5.73 Å². The Kier molecular flexibility index (Phi) is 4.23. The van der Waals surface area contributed by atoms with Crippen molar-refractivity contribution in [2.75, 3.05) is 6.54 Å². The lowest BCUT2D eigenvalue weighted by atomic mass is 10.0. The molecule has 0 radical (unpaired) electrons. The van der Waals surface area contributed by atoms with Crippen molar-refractivity contribution in [1.82, 2.24) is 0 Å². The minimum Gasteiger partial charge on any atom is -0.330 e. The van der Waals surface area contributed by atoms with Gasteiger partial charge in [0, 0.05) is 21.2 Å². The van der Waals surface area contributed by atoms with Gasteiger partial charge in [0.15, 0.2) is 0 Å². The molecule has 1 nitrogen and oxygen atoms in total. The van der Waals surface area contributed by atoms with Crippen molar-refractivity contribution >= 4 is 23.2 Å². The fourth-order valence-corrected chi connectivity index (χ4v) is 2.44. The molecule has 0 fully saturated rings. The van der Waals surface area contributed by atoms with Crippen LogP contribution in [0.2, 0.25) is 10.0 Å². The van der Waals surface area contributed by atoms with Crippen molar-refractivity contribution in [2.45, 2.75) is 6.42 Å². The van der Waals surface area contributed by atoms with Gasteiger partial charge in [0.1, 0.15) is 5.82 Å². The van der Waals surface area contributed by atoms with E-state index in [2.05, 4.69) is 0 Å². The summed E-state index contributed by atoms with van der Waals surface area (Å²) in [6.07, 6.45) is 0.690. The SMILES string of the molecule is NCCc1ccc(F)c(-c2c(Cl)cccc2Cl)c1. The minimum atomic E-state index is -0.342. The third-order valence-corrected chi connectivity index (χ3v) is 3.33. The predicted molar refractivity (Wildman–Crippen MR) is 74.6 cm³/mol. The molecule has 4 heteroatoms. The van der Waals surface area contributed by atoms with E-state index in [0.29, 0.717) is 34.1 Å². The molecule has 94 valence electrons. The summed E-state index contributed by atoms with van der Waals surface area (Å²) in [5.74, 6) is -0.342. The molecule has 2 aromatic rings. The van der Waals surface area contributed by atoms with Gasteiger partial charge in [0.2, 0.25) is 0 Å². The Morgan fingerprint density at radius 1 is 1.06 bits per heavy atom. The van der Waals surface area contributed by atoms with Crippen LogP contribution < -0.4 is 5.73 Å². The molecule has 0 unspecified atom stereocenters. The maximum atomic E-state index is 13.9. The third-order valence-electron chi connectivity index (χ3n) is 2.70. The van der Waals surface area contributed by atoms with E-state index in [1.165, 1.54) is 6.07 Å². The topological polar surface area (TPSA) is 26.0 Å². The molecular weight excluding hydrogens is 272 g/mol. The smallest absolute Gasteiger partial charge is 0.131 e. The fourth-order valence-electron chi connectivity index (χ4n) is 1.84. The van der Waals surface area contributed by atoms with Crippen LogP contribution in [0.25, 0.3) is 11.1 Å². The predicted octanol–water partition coefficient (Wildman–Crippen LogP) is 4.30. The quantitative estimate of drug-likeness (QED) is 0.893. The Hall–Kier alpha value is -1.09. The van der Waals surface area contributed by atoms with Crippen molar-refractivity contribution in [3.05, 3.63) is 57.8 Å². The number of hydrogen-bond donors (Lipinski definition) is 1. The molecular formula is C14H12Cl2FN. The van der Waals surface area contributed by atoms with Crippen LogP contribution >= 0.6 is 23.2 Å². The number of benzene rings is 2. The van der Waals surface area contributed by atoms with E-state index >= 15 is 0 Å². The van der Waals surface area contributed by atoms with E-state index in [-0.39, 0.29) is 5.82 Å². The van der Waals surface area contributed by atoms with Gasteiger partial charge in [-0.2, -0.15) is 0 Å². The van der Waals surface area contributed by atoms with Crippen LogP contribution in [0.15, 0.2) is 36.4 Å². The second-order valence-electron chi connectivity index (χ2n) is 3.95. The van der Waals surface area contributed by atoms with Gasteiger partial charge in [-0.05, 0) is 42.8 Å². The zero-order valence-corrected chi connectivity index (χ0v) is 11.1. The van der Waals surface area contributed by atoms with Crippen LogP contribution in [0.4, 0.5) is 4.39 Å². The lowest BCUT2D eigenvalue weighted by Gasteiger charge is -2.10. The van der Waals surface area contributed by atoms with E-state index < -0.39 is 0 Å². The van der Waals surface area contributed by atoms with Gasteiger partial charge in [-0.3, -0.25) is 0 Å². The van der Waals surface area contributed by atoms with E-state index in [1.54, 1.807) is 30.3 Å². The summed E-state index contributed by atoms with van der Waals surface area (Å²) in [7, 11) is 0. The molecule has 0 saturated carbocycles. The molecule has 2 aromatic carbocycles. The second kappa shape index (κ2) is 5.70. The van der Waals surface area contributed by atoms with E-state index in [4.69, 9.17) is 28.9 Å². The lowest BCUT2D eigenvalue weighted by Crippen LogP contribution is -2.03. The third kappa shape index (κ3) is 2.66. The highest BCUT2D eigenvalue weighted by atomic mass is 35.5. The summed E-state index contributed by atoms with van der Waals surface area (Å²) in [5, 5.41) is 0.873. The summed E-state index contributed by atoms with van der Waals surface area (Å²) >= 11 is 12.2. The van der Waals surface area contributed by atoms with Gasteiger partial charge in [0.05, 0.1) is 0 Å². The van der Waals surface area contributed by atoms with Crippen LogP contribution in [0, 0.1) is 5.82 Å². The van der Waals surface area contributed by atoms with Gasteiger partial charge in [-0.25, -0.2) is 4.39 Å². The Labute approximate surface area is 115 Å². The molecule has 0 saturated heterocycles. The largest absolute Gasteiger partial charge is 0.330 e. The summed E-state index contributed by atoms with van der Waals surface area (Å²) in [6, 6.07) is 10.00. The van der Waals surface area contributed by atoms with Gasteiger partial charge in [-0.1, -0.05) is 35.3 Å². The maximum absolute atomic E-state index is 13.9. The minimum absolute atomic E-state index is 0.342. The summed E-state index contributed by atoms with van der Waals surface area (Å²) in [4.78, 5) is 0. The molecule has 0 aromatic heterocycles. The molecule has 0 heterocycles. The molecule has 0 aliphatic rings. The van der Waals surface area contributed by atoms with Crippen molar-refractivity contribution in [3.8, 4) is 11.1 Å². The normalized spacial score (nSPS) is 10.7. The van der Waals surface area contributed by atoms with Gasteiger partial charge in [-0.15, -0.1) is 0 Å². The Balaban J connectivity index is 2.59. The number of halogens is 3. The fraction of sp³-hybridized carbons (Fsp3) is 0.143. The molecule has 2 N–H and O–H groups in total. The molecule has 0 spiro atoms. The van der Waals surface area contributed by atoms with Crippen LogP contribution in [0.1, 0.15) is 5.56 Å². The zero-order valence-electron chi connectivity index (χ0n) is 9.59. The Morgan fingerprint density at radius 3 is 2.33 bits per heavy atom. The highest BCUT2D eigenvalue weighted by Gasteiger charge is 2.13. The van der Waals surface area contributed by atoms with Gasteiger partial charge >= 0.3 is 0 Å². The molecule has 2 rings (SSSR count). The summed E-state index contributed by atoms with van der Waals surface area (Å²) < 4.78 is 13.9. The first-order valence-corrected chi connectivity index (χ1v) is 6.32. The van der Waals surface area contributed by atoms with Crippen LogP contribution in [-0.4, -0.2) is 6.54 Å². The molecule has 0 atom stereocenters. The number of nitrogens with two attached hydrogens (primary N) is 1. The lowest BCUT2D eigenvalue weighted by molar-refractivity contribution is 0.630. The molecule has 18 heavy (non-hydrogen) atoms. The van der Waals surface area contributed by atoms with E-state index in [0.717, 1.165) is 5.56 Å². The second-order valence-corrected chi connectivity index (χ2v) is 4.76. The van der Waals surface area contributed by atoms with E-state index in [1.807, 2.05) is 0 Å². The first-order valence-electron chi connectivity index (χ1n) is 5.56. The average molecular weight is 284 g/mol. The average Bonchev–Trinajstić information content (AvgIpc) is 2.33. The summed E-state index contributed by atoms with van der Waals surface area (Å²) in [5.41, 5.74) is 7.40. The highest BCUT2D eigenvalue weighted by molar-refractivity contribution is 6.39. The number of hydrogen-bond acceptors (Lipinski definition) is 1. The van der Waals surface area contributed by atoms with E-state index in [9.17, 15) is 4.39 Å². The Bertz CT molecular complexity index is 549.